The van der Waals surface area contributed by atoms with E-state index in [1.807, 2.05) is 20.2 Å². The minimum Gasteiger partial charge on any atom is -0.366 e. The summed E-state index contributed by atoms with van der Waals surface area (Å²) >= 11 is 6.40. The first-order valence-electron chi connectivity index (χ1n) is 14.9. The third kappa shape index (κ3) is 9.15. The quantitative estimate of drug-likeness (QED) is 0.219. The minimum atomic E-state index is -0.432. The smallest absolute Gasteiger partial charge is 0.317 e. The number of unbranched alkanes of at least 4 members (excludes halogenated alkanes) is 1. The topological polar surface area (TPSA) is 87.5 Å². The second-order valence-corrected chi connectivity index (χ2v) is 12.9. The molecule has 0 saturated heterocycles. The van der Waals surface area contributed by atoms with Gasteiger partial charge in [0.05, 0.1) is 0 Å². The monoisotopic (exact) mass is 546 g/mol. The second kappa shape index (κ2) is 14.6. The Kier molecular flexibility index (Phi) is 11.8. The van der Waals surface area contributed by atoms with Crippen molar-refractivity contribution in [3.8, 4) is 0 Å². The van der Waals surface area contributed by atoms with Gasteiger partial charge in [-0.15, -0.1) is 0 Å². The summed E-state index contributed by atoms with van der Waals surface area (Å²) in [5.41, 5.74) is 6.90. The maximum absolute atomic E-state index is 13.2. The van der Waals surface area contributed by atoms with Gasteiger partial charge in [-0.2, -0.15) is 0 Å². The number of halogens is 1. The fourth-order valence-corrected chi connectivity index (χ4v) is 6.59. The number of nitrogens with zero attached hydrogens (tertiary/aromatic N) is 1. The Bertz CT molecular complexity index is 919. The van der Waals surface area contributed by atoms with Crippen LogP contribution in [-0.2, 0) is 5.41 Å². The van der Waals surface area contributed by atoms with Gasteiger partial charge in [-0.25, -0.2) is 4.79 Å². The third-order valence-corrected chi connectivity index (χ3v) is 9.43. The molecule has 1 aromatic carbocycles. The molecule has 214 valence electrons. The molecule has 4 N–H and O–H groups in total. The number of nitrogens with two attached hydrogens (primary N) is 1. The lowest BCUT2D eigenvalue weighted by atomic mass is 9.73. The maximum atomic E-state index is 13.2. The van der Waals surface area contributed by atoms with E-state index in [4.69, 9.17) is 17.3 Å². The van der Waals surface area contributed by atoms with E-state index in [1.54, 1.807) is 17.0 Å². The number of likely N-dealkylation sites (N-methyl/N-ethyl adjacent to an activating group) is 1. The Morgan fingerprint density at radius 2 is 1.89 bits per heavy atom. The molecule has 2 aliphatic carbocycles. The molecule has 0 bridgehead atoms. The summed E-state index contributed by atoms with van der Waals surface area (Å²) in [4.78, 5) is 27.3. The number of primary amides is 1. The Hall–Kier alpha value is -1.79. The Morgan fingerprint density at radius 3 is 2.53 bits per heavy atom. The average Bonchev–Trinajstić information content (AvgIpc) is 3.60. The molecule has 2 aliphatic rings. The molecule has 38 heavy (non-hydrogen) atoms. The van der Waals surface area contributed by atoms with Crippen LogP contribution in [0, 0.1) is 17.8 Å². The van der Waals surface area contributed by atoms with Crippen LogP contribution >= 0.6 is 11.6 Å². The van der Waals surface area contributed by atoms with E-state index in [2.05, 4.69) is 24.5 Å². The van der Waals surface area contributed by atoms with Gasteiger partial charge in [0.15, 0.2) is 0 Å². The van der Waals surface area contributed by atoms with Gasteiger partial charge in [-0.1, -0.05) is 76.8 Å². The molecule has 0 spiro atoms. The Balaban J connectivity index is 1.65. The van der Waals surface area contributed by atoms with E-state index in [-0.39, 0.29) is 17.5 Å². The van der Waals surface area contributed by atoms with Crippen LogP contribution in [0.2, 0.25) is 5.02 Å². The van der Waals surface area contributed by atoms with Gasteiger partial charge in [0, 0.05) is 36.8 Å². The molecule has 2 saturated carbocycles. The third-order valence-electron chi connectivity index (χ3n) is 9.19. The van der Waals surface area contributed by atoms with Crippen molar-refractivity contribution in [3.63, 3.8) is 0 Å². The van der Waals surface area contributed by atoms with Crippen molar-refractivity contribution in [1.82, 2.24) is 15.5 Å². The zero-order valence-corrected chi connectivity index (χ0v) is 24.9. The van der Waals surface area contributed by atoms with E-state index in [0.29, 0.717) is 23.0 Å². The van der Waals surface area contributed by atoms with E-state index in [1.165, 1.54) is 51.4 Å². The fourth-order valence-electron chi connectivity index (χ4n) is 6.41. The number of urea groups is 1. The maximum Gasteiger partial charge on any atom is 0.317 e. The fraction of sp³-hybridized carbons (Fsp3) is 0.742. The minimum absolute atomic E-state index is 0.0349. The summed E-state index contributed by atoms with van der Waals surface area (Å²) in [6.45, 7) is 5.89. The van der Waals surface area contributed by atoms with Crippen LogP contribution in [0.4, 0.5) is 4.79 Å². The van der Waals surface area contributed by atoms with E-state index < -0.39 is 5.91 Å². The highest BCUT2D eigenvalue weighted by atomic mass is 35.5. The van der Waals surface area contributed by atoms with Crippen molar-refractivity contribution < 1.29 is 9.59 Å². The van der Waals surface area contributed by atoms with Gasteiger partial charge in [-0.05, 0) is 79.7 Å². The number of hydrogen-bond donors (Lipinski definition) is 3. The number of nitrogens with one attached hydrogen (secondary N) is 2. The number of benzene rings is 1. The molecule has 2 fully saturated rings. The zero-order chi connectivity index (χ0) is 27.7. The normalized spacial score (nSPS) is 21.9. The number of amides is 3. The lowest BCUT2D eigenvalue weighted by Gasteiger charge is -2.34. The summed E-state index contributed by atoms with van der Waals surface area (Å²) in [6.07, 6.45) is 14.1. The van der Waals surface area contributed by atoms with Crippen LogP contribution in [0.15, 0.2) is 18.2 Å². The van der Waals surface area contributed by atoms with Crippen molar-refractivity contribution in [3.05, 3.63) is 34.3 Å². The molecule has 0 aliphatic heterocycles. The zero-order valence-electron chi connectivity index (χ0n) is 24.2. The van der Waals surface area contributed by atoms with Crippen molar-refractivity contribution in [2.45, 2.75) is 102 Å². The lowest BCUT2D eigenvalue weighted by Crippen LogP contribution is -2.48. The highest BCUT2D eigenvalue weighted by molar-refractivity contribution is 6.30. The average molecular weight is 547 g/mol. The Labute approximate surface area is 235 Å². The Morgan fingerprint density at radius 1 is 1.18 bits per heavy atom. The van der Waals surface area contributed by atoms with Crippen LogP contribution in [0.1, 0.15) is 107 Å². The number of rotatable bonds is 15. The molecule has 6 nitrogen and oxygen atoms in total. The molecule has 3 amide bonds. The van der Waals surface area contributed by atoms with E-state index in [9.17, 15) is 9.59 Å². The number of carbonyl (C=O) groups is 2. The molecule has 0 radical (unpaired) electrons. The number of hydrogen-bond acceptors (Lipinski definition) is 3. The molecule has 2 unspecified atom stereocenters. The summed E-state index contributed by atoms with van der Waals surface area (Å²) in [6, 6.07) is 5.47. The summed E-state index contributed by atoms with van der Waals surface area (Å²) in [5, 5.41) is 7.14. The molecular weight excluding hydrogens is 496 g/mol. The SMILES string of the molecule is CNC[C@H](CC1CCCCC1)NC(=O)N(C)CC[C@@](C)(CCCCC1CC1C)c1cc(Cl)ccc1C(N)=O. The highest BCUT2D eigenvalue weighted by Crippen LogP contribution is 2.43. The molecule has 0 heterocycles. The second-order valence-electron chi connectivity index (χ2n) is 12.4. The van der Waals surface area contributed by atoms with Gasteiger partial charge in [-0.3, -0.25) is 4.79 Å². The van der Waals surface area contributed by atoms with Gasteiger partial charge in [0.1, 0.15) is 0 Å². The van der Waals surface area contributed by atoms with Crippen molar-refractivity contribution in [1.29, 1.82) is 0 Å². The molecule has 4 atom stereocenters. The van der Waals surface area contributed by atoms with Crippen LogP contribution in [-0.4, -0.2) is 50.1 Å². The van der Waals surface area contributed by atoms with E-state index in [0.717, 1.165) is 49.6 Å². The molecule has 7 heteroatoms. The lowest BCUT2D eigenvalue weighted by molar-refractivity contribution is 0.0997. The summed E-state index contributed by atoms with van der Waals surface area (Å²) in [7, 11) is 3.81. The molecule has 3 rings (SSSR count). The van der Waals surface area contributed by atoms with Crippen molar-refractivity contribution in [2.75, 3.05) is 27.2 Å². The van der Waals surface area contributed by atoms with Crippen LogP contribution < -0.4 is 16.4 Å². The van der Waals surface area contributed by atoms with Gasteiger partial charge >= 0.3 is 6.03 Å². The largest absolute Gasteiger partial charge is 0.366 e. The first-order chi connectivity index (χ1) is 18.1. The summed E-state index contributed by atoms with van der Waals surface area (Å²) in [5.74, 6) is 2.01. The predicted molar refractivity (Wildman–Crippen MR) is 158 cm³/mol. The molecule has 1 aromatic rings. The summed E-state index contributed by atoms with van der Waals surface area (Å²) < 4.78 is 0. The van der Waals surface area contributed by atoms with E-state index >= 15 is 0 Å². The van der Waals surface area contributed by atoms with Gasteiger partial charge < -0.3 is 21.3 Å². The highest BCUT2D eigenvalue weighted by Gasteiger charge is 2.34. The van der Waals surface area contributed by atoms with Crippen LogP contribution in [0.25, 0.3) is 0 Å². The predicted octanol–water partition coefficient (Wildman–Crippen LogP) is 6.50. The first-order valence-corrected chi connectivity index (χ1v) is 15.3. The molecular formula is C31H51ClN4O2. The number of carbonyl (C=O) groups excluding carboxylic acids is 2. The molecule has 0 aromatic heterocycles. The van der Waals surface area contributed by atoms with Crippen LogP contribution in [0.3, 0.4) is 0 Å². The van der Waals surface area contributed by atoms with Gasteiger partial charge in [0.2, 0.25) is 5.91 Å². The van der Waals surface area contributed by atoms with Crippen LogP contribution in [0.5, 0.6) is 0 Å². The van der Waals surface area contributed by atoms with Crippen molar-refractivity contribution in [2.24, 2.45) is 23.5 Å². The first kappa shape index (κ1) is 30.7. The van der Waals surface area contributed by atoms with Gasteiger partial charge in [0.25, 0.3) is 0 Å². The van der Waals surface area contributed by atoms with Crippen molar-refractivity contribution >= 4 is 23.5 Å². The standard InChI is InChI=1S/C31H51ClN4O2/c1-22-18-24(22)12-8-9-15-31(2,28-20-25(32)13-14-27(28)29(33)37)16-17-36(4)30(38)35-26(21-34-3)19-23-10-6-5-7-11-23/h13-14,20,22-24,26,34H,5-12,15-19,21H2,1-4H3,(H2,33,37)(H,35,38)/t22?,24?,26-,31+/m0/s1.